The molecule has 10 nitrogen and oxygen atoms in total. The summed E-state index contributed by atoms with van der Waals surface area (Å²) in [6, 6.07) is 15.4. The number of nitrogens with zero attached hydrogens (tertiary/aromatic N) is 5. The smallest absolute Gasteiger partial charge is 0.251 e. The van der Waals surface area contributed by atoms with E-state index < -0.39 is 6.04 Å². The summed E-state index contributed by atoms with van der Waals surface area (Å²) >= 11 is 0. The van der Waals surface area contributed by atoms with Crippen molar-refractivity contribution < 1.29 is 14.4 Å². The number of rotatable bonds is 10. The van der Waals surface area contributed by atoms with E-state index >= 15 is 0 Å². The predicted octanol–water partition coefficient (Wildman–Crippen LogP) is 1.90. The first kappa shape index (κ1) is 26.6. The summed E-state index contributed by atoms with van der Waals surface area (Å²) in [5.74, 6) is -0.109. The first-order valence-electron chi connectivity index (χ1n) is 13.5. The Hall–Kier alpha value is -4.05. The maximum Gasteiger partial charge on any atom is 0.251 e. The van der Waals surface area contributed by atoms with E-state index in [0.29, 0.717) is 37.0 Å². The molecular weight excluding hydrogens is 494 g/mol. The molecular formula is C29H35N7O3. The molecule has 1 saturated heterocycles. The molecule has 0 radical (unpaired) electrons. The largest absolute Gasteiger partial charge is 0.342 e. The van der Waals surface area contributed by atoms with Gasteiger partial charge in [0.15, 0.2) is 0 Å². The molecule has 2 N–H and O–H groups in total. The second-order valence-electron chi connectivity index (χ2n) is 10.5. The third kappa shape index (κ3) is 6.51. The molecule has 204 valence electrons. The number of likely N-dealkylation sites (N-methyl/N-ethyl adjacent to an activating group) is 1. The lowest BCUT2D eigenvalue weighted by Crippen LogP contribution is -2.56. The van der Waals surface area contributed by atoms with E-state index in [1.165, 1.54) is 11.1 Å². The minimum atomic E-state index is -0.711. The van der Waals surface area contributed by atoms with Gasteiger partial charge >= 0.3 is 0 Å². The fraction of sp³-hybridized carbons (Fsp3) is 0.414. The van der Waals surface area contributed by atoms with E-state index in [4.69, 9.17) is 0 Å². The van der Waals surface area contributed by atoms with Gasteiger partial charge in [-0.2, -0.15) is 0 Å². The van der Waals surface area contributed by atoms with E-state index in [1.54, 1.807) is 58.2 Å². The molecule has 39 heavy (non-hydrogen) atoms. The van der Waals surface area contributed by atoms with Crippen molar-refractivity contribution in [1.82, 2.24) is 35.4 Å². The van der Waals surface area contributed by atoms with Crippen LogP contribution >= 0.6 is 0 Å². The SMILES string of the molecule is Cc1ccc([C@@H]2C[C@H]2NCCC[C@H](NC(=O)c2ccc(-n3ccnn3)cc2)C(=O)N2CCN(C)C(=O)C2)cc1. The van der Waals surface area contributed by atoms with E-state index in [2.05, 4.69) is 52.1 Å². The summed E-state index contributed by atoms with van der Waals surface area (Å²) in [4.78, 5) is 42.0. The molecule has 3 atom stereocenters. The van der Waals surface area contributed by atoms with Crippen LogP contribution in [0.15, 0.2) is 60.9 Å². The van der Waals surface area contributed by atoms with Crippen molar-refractivity contribution in [2.45, 2.75) is 44.2 Å². The third-order valence-corrected chi connectivity index (χ3v) is 7.56. The number of hydrogen-bond acceptors (Lipinski definition) is 6. The molecule has 1 aliphatic heterocycles. The molecule has 2 aromatic carbocycles. The topological polar surface area (TPSA) is 112 Å². The average molecular weight is 530 g/mol. The molecule has 5 rings (SSSR count). The molecule has 1 saturated carbocycles. The average Bonchev–Trinajstić information content (AvgIpc) is 3.50. The zero-order valence-electron chi connectivity index (χ0n) is 22.4. The van der Waals surface area contributed by atoms with Gasteiger partial charge in [0.2, 0.25) is 11.8 Å². The predicted molar refractivity (Wildman–Crippen MR) is 146 cm³/mol. The van der Waals surface area contributed by atoms with Crippen molar-refractivity contribution >= 4 is 17.7 Å². The monoisotopic (exact) mass is 529 g/mol. The van der Waals surface area contributed by atoms with Crippen LogP contribution in [0.5, 0.6) is 0 Å². The van der Waals surface area contributed by atoms with Gasteiger partial charge in [0.1, 0.15) is 6.04 Å². The van der Waals surface area contributed by atoms with Crippen LogP contribution in [0.4, 0.5) is 0 Å². The second kappa shape index (κ2) is 11.8. The zero-order chi connectivity index (χ0) is 27.4. The molecule has 0 spiro atoms. The van der Waals surface area contributed by atoms with Gasteiger partial charge < -0.3 is 20.4 Å². The van der Waals surface area contributed by atoms with Crippen LogP contribution < -0.4 is 10.6 Å². The van der Waals surface area contributed by atoms with Gasteiger partial charge in [0.05, 0.1) is 24.6 Å². The minimum Gasteiger partial charge on any atom is -0.342 e. The Labute approximate surface area is 228 Å². The third-order valence-electron chi connectivity index (χ3n) is 7.56. The van der Waals surface area contributed by atoms with E-state index in [0.717, 1.165) is 25.1 Å². The van der Waals surface area contributed by atoms with Gasteiger partial charge in [-0.05, 0) is 62.6 Å². The molecule has 3 amide bonds. The van der Waals surface area contributed by atoms with Crippen LogP contribution in [0.3, 0.4) is 0 Å². The van der Waals surface area contributed by atoms with Gasteiger partial charge in [0, 0.05) is 37.7 Å². The summed E-state index contributed by atoms with van der Waals surface area (Å²) in [7, 11) is 1.74. The molecule has 2 aliphatic rings. The van der Waals surface area contributed by atoms with E-state index in [-0.39, 0.29) is 24.3 Å². The molecule has 10 heteroatoms. The Morgan fingerprint density at radius 2 is 1.85 bits per heavy atom. The summed E-state index contributed by atoms with van der Waals surface area (Å²) < 4.78 is 1.61. The van der Waals surface area contributed by atoms with Gasteiger partial charge in [-0.1, -0.05) is 35.0 Å². The van der Waals surface area contributed by atoms with Gasteiger partial charge in [-0.15, -0.1) is 5.10 Å². The van der Waals surface area contributed by atoms with Crippen LogP contribution in [0, 0.1) is 6.92 Å². The maximum absolute atomic E-state index is 13.4. The lowest BCUT2D eigenvalue weighted by atomic mass is 10.1. The lowest BCUT2D eigenvalue weighted by Gasteiger charge is -2.34. The van der Waals surface area contributed by atoms with Crippen LogP contribution in [0.2, 0.25) is 0 Å². The van der Waals surface area contributed by atoms with Crippen molar-refractivity contribution in [3.63, 3.8) is 0 Å². The molecule has 0 bridgehead atoms. The number of hydrogen-bond donors (Lipinski definition) is 2. The molecule has 1 aliphatic carbocycles. The number of carbonyl (C=O) groups excluding carboxylic acids is 3. The molecule has 2 fully saturated rings. The Bertz CT molecular complexity index is 1290. The quantitative estimate of drug-likeness (QED) is 0.388. The van der Waals surface area contributed by atoms with Crippen LogP contribution in [-0.2, 0) is 9.59 Å². The minimum absolute atomic E-state index is 0.0346. The summed E-state index contributed by atoms with van der Waals surface area (Å²) in [6.45, 7) is 3.82. The fourth-order valence-electron chi connectivity index (χ4n) is 4.97. The summed E-state index contributed by atoms with van der Waals surface area (Å²) in [5.41, 5.74) is 3.84. The highest BCUT2D eigenvalue weighted by atomic mass is 16.2. The number of nitrogens with one attached hydrogen (secondary N) is 2. The number of piperazine rings is 1. The Kier molecular flexibility index (Phi) is 8.02. The van der Waals surface area contributed by atoms with Crippen molar-refractivity contribution in [2.75, 3.05) is 33.2 Å². The Morgan fingerprint density at radius 3 is 2.54 bits per heavy atom. The lowest BCUT2D eigenvalue weighted by molar-refractivity contribution is -0.145. The number of benzene rings is 2. The number of aromatic nitrogens is 3. The highest BCUT2D eigenvalue weighted by Gasteiger charge is 2.37. The van der Waals surface area contributed by atoms with Crippen LogP contribution in [-0.4, -0.2) is 87.8 Å². The zero-order valence-corrected chi connectivity index (χ0v) is 22.4. The first-order valence-corrected chi connectivity index (χ1v) is 13.5. The maximum atomic E-state index is 13.4. The van der Waals surface area contributed by atoms with E-state index in [9.17, 15) is 14.4 Å². The van der Waals surface area contributed by atoms with Gasteiger partial charge in [-0.3, -0.25) is 14.4 Å². The van der Waals surface area contributed by atoms with Crippen molar-refractivity contribution in [3.8, 4) is 5.69 Å². The Morgan fingerprint density at radius 1 is 1.08 bits per heavy atom. The fourth-order valence-corrected chi connectivity index (χ4v) is 4.97. The van der Waals surface area contributed by atoms with Crippen molar-refractivity contribution in [3.05, 3.63) is 77.6 Å². The van der Waals surface area contributed by atoms with Crippen molar-refractivity contribution in [1.29, 1.82) is 0 Å². The highest BCUT2D eigenvalue weighted by Crippen LogP contribution is 2.40. The Balaban J connectivity index is 1.18. The molecule has 3 aromatic rings. The van der Waals surface area contributed by atoms with Crippen LogP contribution in [0.25, 0.3) is 5.69 Å². The van der Waals surface area contributed by atoms with Crippen LogP contribution in [0.1, 0.15) is 46.7 Å². The highest BCUT2D eigenvalue weighted by molar-refractivity contribution is 5.98. The normalized spacial score (nSPS) is 19.6. The number of carbonyl (C=O) groups is 3. The van der Waals surface area contributed by atoms with E-state index in [1.807, 2.05) is 0 Å². The van der Waals surface area contributed by atoms with Gasteiger partial charge in [-0.25, -0.2) is 4.68 Å². The first-order chi connectivity index (χ1) is 18.9. The summed E-state index contributed by atoms with van der Waals surface area (Å²) in [5, 5.41) is 14.3. The standard InChI is InChI=1S/C29H35N7O3/c1-20-5-7-21(8-6-20)24-18-26(24)30-13-3-4-25(29(39)35-17-16-34(2)27(37)19-35)32-28(38)22-9-11-23(12-10-22)36-15-14-31-33-36/h5-12,14-15,24-26,30H,3-4,13,16-19H2,1-2H3,(H,32,38)/t24-,25-,26+/m0/s1. The molecule has 1 aromatic heterocycles. The molecule has 2 heterocycles. The van der Waals surface area contributed by atoms with Gasteiger partial charge in [0.25, 0.3) is 5.91 Å². The van der Waals surface area contributed by atoms with Crippen molar-refractivity contribution in [2.24, 2.45) is 0 Å². The summed E-state index contributed by atoms with van der Waals surface area (Å²) in [6.07, 6.45) is 5.62. The molecule has 0 unspecified atom stereocenters. The second-order valence-corrected chi connectivity index (χ2v) is 10.5. The number of aryl methyl sites for hydroxylation is 1. The number of amides is 3.